The first-order valence-electron chi connectivity index (χ1n) is 7.04. The minimum Gasteiger partial charge on any atom is -0.391 e. The molecule has 0 spiro atoms. The van der Waals surface area contributed by atoms with Crippen molar-refractivity contribution in [3.8, 4) is 0 Å². The normalized spacial score (nSPS) is 15.7. The van der Waals surface area contributed by atoms with Crippen molar-refractivity contribution in [2.24, 2.45) is 5.92 Å². The van der Waals surface area contributed by atoms with Crippen LogP contribution >= 0.6 is 0 Å². The van der Waals surface area contributed by atoms with E-state index in [0.717, 1.165) is 0 Å². The predicted molar refractivity (Wildman–Crippen MR) is 79.1 cm³/mol. The van der Waals surface area contributed by atoms with Crippen molar-refractivity contribution in [3.05, 3.63) is 35.9 Å². The standard InChI is InChI=1S/C16H25NO3/c1-12(2)9-14(18)11-17-15(19)10-16(3,20)13-7-5-4-6-8-13/h4-8,12,14,18,20H,9-11H2,1-3H3,(H,17,19). The lowest BCUT2D eigenvalue weighted by atomic mass is 9.92. The summed E-state index contributed by atoms with van der Waals surface area (Å²) in [6, 6.07) is 9.10. The molecule has 0 aliphatic heterocycles. The van der Waals surface area contributed by atoms with E-state index >= 15 is 0 Å². The summed E-state index contributed by atoms with van der Waals surface area (Å²) in [5, 5.41) is 22.7. The van der Waals surface area contributed by atoms with Gasteiger partial charge in [-0.05, 0) is 24.8 Å². The predicted octanol–water partition coefficient (Wildman–Crippen LogP) is 1.81. The maximum atomic E-state index is 11.8. The zero-order valence-corrected chi connectivity index (χ0v) is 12.5. The molecule has 1 aromatic carbocycles. The van der Waals surface area contributed by atoms with Gasteiger partial charge in [-0.25, -0.2) is 0 Å². The number of benzene rings is 1. The molecule has 0 aromatic heterocycles. The molecule has 0 aliphatic rings. The van der Waals surface area contributed by atoms with Gasteiger partial charge >= 0.3 is 0 Å². The number of hydrogen-bond acceptors (Lipinski definition) is 3. The number of aliphatic hydroxyl groups excluding tert-OH is 1. The van der Waals surface area contributed by atoms with Crippen molar-refractivity contribution < 1.29 is 15.0 Å². The van der Waals surface area contributed by atoms with Crippen LogP contribution in [0.15, 0.2) is 30.3 Å². The second-order valence-electron chi connectivity index (χ2n) is 5.90. The van der Waals surface area contributed by atoms with Crippen molar-refractivity contribution >= 4 is 5.91 Å². The summed E-state index contributed by atoms with van der Waals surface area (Å²) < 4.78 is 0. The fraction of sp³-hybridized carbons (Fsp3) is 0.562. The average Bonchev–Trinajstić information content (AvgIpc) is 2.36. The number of carbonyl (C=O) groups is 1. The Balaban J connectivity index is 2.46. The summed E-state index contributed by atoms with van der Waals surface area (Å²) in [6.45, 7) is 5.88. The SMILES string of the molecule is CC(C)CC(O)CNC(=O)CC(C)(O)c1ccccc1. The summed E-state index contributed by atoms with van der Waals surface area (Å²) in [7, 11) is 0. The van der Waals surface area contributed by atoms with Crippen LogP contribution in [0.5, 0.6) is 0 Å². The number of carbonyl (C=O) groups excluding carboxylic acids is 1. The van der Waals surface area contributed by atoms with Gasteiger partial charge in [0.2, 0.25) is 5.91 Å². The van der Waals surface area contributed by atoms with E-state index in [0.29, 0.717) is 17.9 Å². The molecule has 0 saturated carbocycles. The molecule has 0 fully saturated rings. The maximum Gasteiger partial charge on any atom is 0.223 e. The monoisotopic (exact) mass is 279 g/mol. The van der Waals surface area contributed by atoms with Crippen molar-refractivity contribution in [3.63, 3.8) is 0 Å². The first-order chi connectivity index (χ1) is 9.31. The van der Waals surface area contributed by atoms with Crippen molar-refractivity contribution in [1.29, 1.82) is 0 Å². The summed E-state index contributed by atoms with van der Waals surface area (Å²) >= 11 is 0. The van der Waals surface area contributed by atoms with Crippen molar-refractivity contribution in [1.82, 2.24) is 5.32 Å². The van der Waals surface area contributed by atoms with Gasteiger partial charge < -0.3 is 15.5 Å². The summed E-state index contributed by atoms with van der Waals surface area (Å²) in [6.07, 6.45) is 0.0847. The van der Waals surface area contributed by atoms with Crippen LogP contribution in [-0.2, 0) is 10.4 Å². The Morgan fingerprint density at radius 1 is 1.30 bits per heavy atom. The molecule has 2 unspecified atom stereocenters. The minimum atomic E-state index is -1.20. The largest absolute Gasteiger partial charge is 0.391 e. The van der Waals surface area contributed by atoms with E-state index in [1.807, 2.05) is 32.0 Å². The van der Waals surface area contributed by atoms with Crippen LogP contribution in [0.2, 0.25) is 0 Å². The number of nitrogens with one attached hydrogen (secondary N) is 1. The second-order valence-corrected chi connectivity index (χ2v) is 5.90. The third kappa shape index (κ3) is 5.72. The Bertz CT molecular complexity index is 415. The molecular formula is C16H25NO3. The van der Waals surface area contributed by atoms with Gasteiger partial charge in [-0.15, -0.1) is 0 Å². The summed E-state index contributed by atoms with van der Waals surface area (Å²) in [4.78, 5) is 11.8. The van der Waals surface area contributed by atoms with Crippen LogP contribution in [0, 0.1) is 5.92 Å². The molecule has 112 valence electrons. The highest BCUT2D eigenvalue weighted by Gasteiger charge is 2.26. The van der Waals surface area contributed by atoms with Gasteiger partial charge in [0.15, 0.2) is 0 Å². The molecule has 1 aromatic rings. The fourth-order valence-corrected chi connectivity index (χ4v) is 2.13. The molecule has 0 bridgehead atoms. The van der Waals surface area contributed by atoms with E-state index in [2.05, 4.69) is 5.32 Å². The molecule has 4 heteroatoms. The number of amides is 1. The highest BCUT2D eigenvalue weighted by Crippen LogP contribution is 2.23. The van der Waals surface area contributed by atoms with E-state index < -0.39 is 11.7 Å². The molecule has 2 atom stereocenters. The minimum absolute atomic E-state index is 0.0224. The Labute approximate surface area is 120 Å². The number of hydrogen-bond donors (Lipinski definition) is 3. The summed E-state index contributed by atoms with van der Waals surface area (Å²) in [5.41, 5.74) is -0.494. The van der Waals surface area contributed by atoms with Crippen LogP contribution in [-0.4, -0.2) is 28.8 Å². The smallest absolute Gasteiger partial charge is 0.223 e. The van der Waals surface area contributed by atoms with Crippen LogP contribution in [0.4, 0.5) is 0 Å². The van der Waals surface area contributed by atoms with Gasteiger partial charge in [0.25, 0.3) is 0 Å². The van der Waals surface area contributed by atoms with Crippen molar-refractivity contribution in [2.45, 2.75) is 45.3 Å². The Hall–Kier alpha value is -1.39. The average molecular weight is 279 g/mol. The Morgan fingerprint density at radius 2 is 1.90 bits per heavy atom. The molecule has 0 aliphatic carbocycles. The molecule has 0 saturated heterocycles. The third-order valence-corrected chi connectivity index (χ3v) is 3.18. The fourth-order valence-electron chi connectivity index (χ4n) is 2.13. The molecular weight excluding hydrogens is 254 g/mol. The summed E-state index contributed by atoms with van der Waals surface area (Å²) in [5.74, 6) is 0.121. The molecule has 3 N–H and O–H groups in total. The number of rotatable bonds is 7. The van der Waals surface area contributed by atoms with E-state index in [1.165, 1.54) is 0 Å². The van der Waals surface area contributed by atoms with Gasteiger partial charge in [0, 0.05) is 6.54 Å². The zero-order chi connectivity index (χ0) is 15.2. The van der Waals surface area contributed by atoms with Gasteiger partial charge in [0.1, 0.15) is 0 Å². The van der Waals surface area contributed by atoms with Crippen LogP contribution < -0.4 is 5.32 Å². The molecule has 1 rings (SSSR count). The van der Waals surface area contributed by atoms with E-state index in [9.17, 15) is 15.0 Å². The lowest BCUT2D eigenvalue weighted by molar-refractivity contribution is -0.126. The highest BCUT2D eigenvalue weighted by atomic mass is 16.3. The zero-order valence-electron chi connectivity index (χ0n) is 12.5. The quantitative estimate of drug-likeness (QED) is 0.713. The maximum absolute atomic E-state index is 11.8. The highest BCUT2D eigenvalue weighted by molar-refractivity contribution is 5.77. The molecule has 20 heavy (non-hydrogen) atoms. The van der Waals surface area contributed by atoms with Gasteiger partial charge in [-0.3, -0.25) is 4.79 Å². The molecule has 0 radical (unpaired) electrons. The molecule has 4 nitrogen and oxygen atoms in total. The van der Waals surface area contributed by atoms with Gasteiger partial charge in [0.05, 0.1) is 18.1 Å². The molecule has 0 heterocycles. The second kappa shape index (κ2) is 7.41. The topological polar surface area (TPSA) is 69.6 Å². The first-order valence-corrected chi connectivity index (χ1v) is 7.04. The Kier molecular flexibility index (Phi) is 6.17. The third-order valence-electron chi connectivity index (χ3n) is 3.18. The van der Waals surface area contributed by atoms with E-state index in [-0.39, 0.29) is 18.9 Å². The first kappa shape index (κ1) is 16.7. The van der Waals surface area contributed by atoms with Crippen LogP contribution in [0.25, 0.3) is 0 Å². The number of aliphatic hydroxyl groups is 2. The van der Waals surface area contributed by atoms with E-state index in [4.69, 9.17) is 0 Å². The van der Waals surface area contributed by atoms with Crippen LogP contribution in [0.1, 0.15) is 39.2 Å². The van der Waals surface area contributed by atoms with Gasteiger partial charge in [-0.2, -0.15) is 0 Å². The Morgan fingerprint density at radius 3 is 2.45 bits per heavy atom. The van der Waals surface area contributed by atoms with E-state index in [1.54, 1.807) is 19.1 Å². The lowest BCUT2D eigenvalue weighted by Crippen LogP contribution is -2.37. The molecule has 1 amide bonds. The van der Waals surface area contributed by atoms with Gasteiger partial charge in [-0.1, -0.05) is 44.2 Å². The van der Waals surface area contributed by atoms with Crippen molar-refractivity contribution in [2.75, 3.05) is 6.54 Å². The lowest BCUT2D eigenvalue weighted by Gasteiger charge is -2.23. The van der Waals surface area contributed by atoms with Crippen LogP contribution in [0.3, 0.4) is 0 Å².